The Balaban J connectivity index is 2.19. The summed E-state index contributed by atoms with van der Waals surface area (Å²) in [5, 5.41) is 9.09. The molecule has 10 heavy (non-hydrogen) atoms. The zero-order valence-corrected chi connectivity index (χ0v) is 6.11. The van der Waals surface area contributed by atoms with Gasteiger partial charge in [0.25, 0.3) is 0 Å². The second-order valence-electron chi connectivity index (χ2n) is 2.41. The number of carbonyl (C=O) groups is 1. The van der Waals surface area contributed by atoms with Crippen LogP contribution in [-0.2, 0) is 4.79 Å². The molecular formula is C6H13N3O. The Morgan fingerprint density at radius 1 is 1.60 bits per heavy atom. The normalized spacial score (nSPS) is 25.9. The lowest BCUT2D eigenvalue weighted by Crippen LogP contribution is -2.56. The lowest BCUT2D eigenvalue weighted by atomic mass is 10.3. The third-order valence-electron chi connectivity index (χ3n) is 1.42. The molecule has 3 N–H and O–H groups in total. The third-order valence-corrected chi connectivity index (χ3v) is 1.42. The molecule has 0 aliphatic carbocycles. The van der Waals surface area contributed by atoms with E-state index < -0.39 is 0 Å². The molecule has 1 saturated heterocycles. The average Bonchev–Trinajstić information content (AvgIpc) is 1.88. The topological polar surface area (TPSA) is 53.2 Å². The Morgan fingerprint density at radius 3 is 2.90 bits per heavy atom. The number of rotatable bonds is 1. The first-order valence-corrected chi connectivity index (χ1v) is 3.50. The minimum absolute atomic E-state index is 0.0150. The van der Waals surface area contributed by atoms with E-state index in [1.165, 1.54) is 6.92 Å². The Kier molecular flexibility index (Phi) is 2.65. The number of hydrogen-bond acceptors (Lipinski definition) is 3. The Labute approximate surface area is 60.4 Å². The molecule has 1 fully saturated rings. The van der Waals surface area contributed by atoms with E-state index in [0.717, 1.165) is 19.6 Å². The fourth-order valence-electron chi connectivity index (χ4n) is 1.00. The maximum absolute atomic E-state index is 10.5. The van der Waals surface area contributed by atoms with E-state index in [9.17, 15) is 4.79 Å². The fourth-order valence-corrected chi connectivity index (χ4v) is 1.00. The number of piperazine rings is 1. The van der Waals surface area contributed by atoms with Gasteiger partial charge < -0.3 is 10.6 Å². The van der Waals surface area contributed by atoms with Crippen molar-refractivity contribution >= 4 is 5.91 Å². The van der Waals surface area contributed by atoms with Crippen molar-refractivity contribution in [3.8, 4) is 0 Å². The molecule has 1 amide bonds. The Bertz CT molecular complexity index is 120. The van der Waals surface area contributed by atoms with Gasteiger partial charge in [-0.1, -0.05) is 0 Å². The first kappa shape index (κ1) is 7.50. The number of hydrogen-bond donors (Lipinski definition) is 3. The first-order valence-electron chi connectivity index (χ1n) is 3.50. The van der Waals surface area contributed by atoms with E-state index >= 15 is 0 Å². The summed E-state index contributed by atoms with van der Waals surface area (Å²) in [6.07, 6.45) is 0.117. The van der Waals surface area contributed by atoms with E-state index in [1.54, 1.807) is 0 Å². The molecule has 1 unspecified atom stereocenters. The summed E-state index contributed by atoms with van der Waals surface area (Å²) < 4.78 is 0. The molecule has 0 radical (unpaired) electrons. The van der Waals surface area contributed by atoms with Crippen molar-refractivity contribution < 1.29 is 4.79 Å². The van der Waals surface area contributed by atoms with Crippen molar-refractivity contribution in [3.05, 3.63) is 0 Å². The van der Waals surface area contributed by atoms with E-state index in [1.807, 2.05) is 0 Å². The van der Waals surface area contributed by atoms with Gasteiger partial charge in [0.2, 0.25) is 5.91 Å². The lowest BCUT2D eigenvalue weighted by Gasteiger charge is -2.24. The lowest BCUT2D eigenvalue weighted by molar-refractivity contribution is -0.119. The highest BCUT2D eigenvalue weighted by Gasteiger charge is 2.10. The summed E-state index contributed by atoms with van der Waals surface area (Å²) in [6.45, 7) is 4.25. The van der Waals surface area contributed by atoms with Crippen molar-refractivity contribution in [2.75, 3.05) is 19.6 Å². The summed E-state index contributed by atoms with van der Waals surface area (Å²) in [7, 11) is 0. The van der Waals surface area contributed by atoms with Gasteiger partial charge in [-0.2, -0.15) is 0 Å². The standard InChI is InChI=1S/C6H13N3O/c1-5(10)9-6-4-7-2-3-8-6/h6-8H,2-4H2,1H3,(H,9,10). The zero-order chi connectivity index (χ0) is 7.40. The van der Waals surface area contributed by atoms with Crippen LogP contribution in [0.2, 0.25) is 0 Å². The summed E-state index contributed by atoms with van der Waals surface area (Å²) in [5.41, 5.74) is 0. The minimum atomic E-state index is 0.0150. The van der Waals surface area contributed by atoms with Crippen molar-refractivity contribution in [3.63, 3.8) is 0 Å². The van der Waals surface area contributed by atoms with Crippen LogP contribution in [0.15, 0.2) is 0 Å². The molecule has 1 aliphatic heterocycles. The van der Waals surface area contributed by atoms with Crippen LogP contribution in [0.3, 0.4) is 0 Å². The van der Waals surface area contributed by atoms with Crippen LogP contribution in [0.25, 0.3) is 0 Å². The molecule has 0 saturated carbocycles. The summed E-state index contributed by atoms with van der Waals surface area (Å²) in [4.78, 5) is 10.5. The highest BCUT2D eigenvalue weighted by Crippen LogP contribution is 1.80. The van der Waals surface area contributed by atoms with Crippen molar-refractivity contribution in [2.24, 2.45) is 0 Å². The highest BCUT2D eigenvalue weighted by molar-refractivity contribution is 5.73. The summed E-state index contributed by atoms with van der Waals surface area (Å²) >= 11 is 0. The second kappa shape index (κ2) is 3.53. The third kappa shape index (κ3) is 2.33. The van der Waals surface area contributed by atoms with Crippen LogP contribution in [0, 0.1) is 0 Å². The van der Waals surface area contributed by atoms with Crippen LogP contribution in [0.4, 0.5) is 0 Å². The van der Waals surface area contributed by atoms with Gasteiger partial charge in [-0.15, -0.1) is 0 Å². The summed E-state index contributed by atoms with van der Waals surface area (Å²) in [5.74, 6) is 0.0150. The van der Waals surface area contributed by atoms with Gasteiger partial charge in [-0.3, -0.25) is 10.1 Å². The van der Waals surface area contributed by atoms with Crippen molar-refractivity contribution in [1.29, 1.82) is 0 Å². The fraction of sp³-hybridized carbons (Fsp3) is 0.833. The Morgan fingerprint density at radius 2 is 2.40 bits per heavy atom. The molecule has 1 rings (SSSR count). The minimum Gasteiger partial charge on any atom is -0.340 e. The number of carbonyl (C=O) groups excluding carboxylic acids is 1. The van der Waals surface area contributed by atoms with Crippen molar-refractivity contribution in [1.82, 2.24) is 16.0 Å². The number of nitrogens with one attached hydrogen (secondary N) is 3. The second-order valence-corrected chi connectivity index (χ2v) is 2.41. The predicted molar refractivity (Wildman–Crippen MR) is 38.5 cm³/mol. The SMILES string of the molecule is CC(=O)NC1CNCCN1. The maximum Gasteiger partial charge on any atom is 0.218 e. The van der Waals surface area contributed by atoms with Crippen LogP contribution in [0.1, 0.15) is 6.92 Å². The molecule has 1 aliphatic rings. The van der Waals surface area contributed by atoms with Crippen LogP contribution < -0.4 is 16.0 Å². The van der Waals surface area contributed by atoms with Crippen LogP contribution in [-0.4, -0.2) is 31.7 Å². The van der Waals surface area contributed by atoms with Gasteiger partial charge >= 0.3 is 0 Å². The summed E-state index contributed by atoms with van der Waals surface area (Å²) in [6, 6.07) is 0. The zero-order valence-electron chi connectivity index (χ0n) is 6.11. The van der Waals surface area contributed by atoms with Gasteiger partial charge in [-0.25, -0.2) is 0 Å². The van der Waals surface area contributed by atoms with Gasteiger partial charge in [-0.05, 0) is 0 Å². The van der Waals surface area contributed by atoms with Crippen LogP contribution >= 0.6 is 0 Å². The number of amides is 1. The van der Waals surface area contributed by atoms with E-state index in [0.29, 0.717) is 0 Å². The Hall–Kier alpha value is -0.610. The predicted octanol–water partition coefficient (Wildman–Crippen LogP) is -1.36. The molecule has 0 spiro atoms. The highest BCUT2D eigenvalue weighted by atomic mass is 16.1. The van der Waals surface area contributed by atoms with E-state index in [4.69, 9.17) is 0 Å². The molecule has 1 atom stereocenters. The molecule has 58 valence electrons. The first-order chi connectivity index (χ1) is 4.79. The molecule has 4 heteroatoms. The molecular weight excluding hydrogens is 130 g/mol. The van der Waals surface area contributed by atoms with Gasteiger partial charge in [0, 0.05) is 26.6 Å². The van der Waals surface area contributed by atoms with E-state index in [2.05, 4.69) is 16.0 Å². The van der Waals surface area contributed by atoms with Crippen molar-refractivity contribution in [2.45, 2.75) is 13.1 Å². The van der Waals surface area contributed by atoms with Crippen LogP contribution in [0.5, 0.6) is 0 Å². The molecule has 0 aromatic heterocycles. The monoisotopic (exact) mass is 143 g/mol. The molecule has 1 heterocycles. The van der Waals surface area contributed by atoms with Gasteiger partial charge in [0.05, 0.1) is 6.17 Å². The van der Waals surface area contributed by atoms with Gasteiger partial charge in [0.1, 0.15) is 0 Å². The van der Waals surface area contributed by atoms with E-state index in [-0.39, 0.29) is 12.1 Å². The molecule has 0 aromatic carbocycles. The maximum atomic E-state index is 10.5. The average molecular weight is 143 g/mol. The quantitative estimate of drug-likeness (QED) is 0.425. The largest absolute Gasteiger partial charge is 0.340 e. The molecule has 0 bridgehead atoms. The smallest absolute Gasteiger partial charge is 0.218 e. The molecule has 0 aromatic rings. The van der Waals surface area contributed by atoms with Gasteiger partial charge in [0.15, 0.2) is 0 Å². The molecule has 4 nitrogen and oxygen atoms in total.